The van der Waals surface area contributed by atoms with E-state index in [4.69, 9.17) is 0 Å². The van der Waals surface area contributed by atoms with Crippen molar-refractivity contribution in [3.63, 3.8) is 0 Å². The summed E-state index contributed by atoms with van der Waals surface area (Å²) in [6, 6.07) is 11.8. The third-order valence-corrected chi connectivity index (χ3v) is 7.93. The summed E-state index contributed by atoms with van der Waals surface area (Å²) in [7, 11) is -3.35. The van der Waals surface area contributed by atoms with Crippen molar-refractivity contribution >= 4 is 32.3 Å². The number of rotatable bonds is 9. The van der Waals surface area contributed by atoms with E-state index in [9.17, 15) is 13.2 Å². The lowest BCUT2D eigenvalue weighted by Gasteiger charge is -2.12. The van der Waals surface area contributed by atoms with E-state index in [-0.39, 0.29) is 17.0 Å². The zero-order valence-electron chi connectivity index (χ0n) is 16.6. The molecule has 6 nitrogen and oxygen atoms in total. The van der Waals surface area contributed by atoms with Crippen molar-refractivity contribution in [2.24, 2.45) is 0 Å². The lowest BCUT2D eigenvalue weighted by atomic mass is 9.93. The third kappa shape index (κ3) is 4.76. The molecule has 1 N–H and O–H groups in total. The van der Waals surface area contributed by atoms with Crippen LogP contribution in [-0.4, -0.2) is 29.4 Å². The standard InChI is InChI=1S/C22H23N3O3S2/c1-2-19(20-14-29-22(24-20)25-30(27,28)18-9-10-18)21(26)12-15-5-7-16(8-6-15)17-4-3-11-23-13-17/h3-8,11,13-14,18-19H,2,9-10,12H2,1H3,(H,24,25). The molecular formula is C22H23N3O3S2. The van der Waals surface area contributed by atoms with Gasteiger partial charge in [0.25, 0.3) is 0 Å². The third-order valence-electron chi connectivity index (χ3n) is 5.20. The number of sulfonamides is 1. The van der Waals surface area contributed by atoms with Crippen LogP contribution in [0.4, 0.5) is 5.13 Å². The summed E-state index contributed by atoms with van der Waals surface area (Å²) in [4.78, 5) is 21.5. The van der Waals surface area contributed by atoms with E-state index in [1.807, 2.05) is 49.5 Å². The van der Waals surface area contributed by atoms with E-state index in [0.717, 1.165) is 16.7 Å². The molecule has 0 saturated heterocycles. The molecular weight excluding hydrogens is 418 g/mol. The topological polar surface area (TPSA) is 89.0 Å². The van der Waals surface area contributed by atoms with Crippen LogP contribution in [-0.2, 0) is 21.2 Å². The fraction of sp³-hybridized carbons (Fsp3) is 0.318. The minimum Gasteiger partial charge on any atom is -0.299 e. The SMILES string of the molecule is CCC(C(=O)Cc1ccc(-c2cccnc2)cc1)c1csc(NS(=O)(=O)C2CC2)n1. The average Bonchev–Trinajstić information content (AvgIpc) is 3.52. The Balaban J connectivity index is 1.43. The molecule has 0 aliphatic heterocycles. The van der Waals surface area contributed by atoms with Gasteiger partial charge in [0.15, 0.2) is 5.13 Å². The number of nitrogens with one attached hydrogen (secondary N) is 1. The predicted octanol–water partition coefficient (Wildman–Crippen LogP) is 4.41. The van der Waals surface area contributed by atoms with Gasteiger partial charge in [-0.3, -0.25) is 14.5 Å². The summed E-state index contributed by atoms with van der Waals surface area (Å²) >= 11 is 1.23. The van der Waals surface area contributed by atoms with Crippen LogP contribution in [0, 0.1) is 0 Å². The molecule has 0 spiro atoms. The average molecular weight is 442 g/mol. The fourth-order valence-electron chi connectivity index (χ4n) is 3.35. The number of hydrogen-bond acceptors (Lipinski definition) is 6. The maximum Gasteiger partial charge on any atom is 0.237 e. The number of hydrogen-bond donors (Lipinski definition) is 1. The summed E-state index contributed by atoms with van der Waals surface area (Å²) < 4.78 is 26.8. The van der Waals surface area contributed by atoms with Gasteiger partial charge in [-0.2, -0.15) is 0 Å². The number of pyridine rings is 1. The van der Waals surface area contributed by atoms with E-state index in [1.54, 1.807) is 11.6 Å². The van der Waals surface area contributed by atoms with Crippen molar-refractivity contribution in [1.29, 1.82) is 0 Å². The first-order valence-electron chi connectivity index (χ1n) is 9.95. The number of carbonyl (C=O) groups is 1. The fourth-order valence-corrected chi connectivity index (χ4v) is 5.71. The largest absolute Gasteiger partial charge is 0.299 e. The van der Waals surface area contributed by atoms with Crippen LogP contribution in [0.1, 0.15) is 43.4 Å². The van der Waals surface area contributed by atoms with Gasteiger partial charge in [0, 0.05) is 24.2 Å². The normalized spacial score (nSPS) is 15.0. The number of Topliss-reactive ketones (excluding diaryl/α,β-unsaturated/α-hetero) is 1. The lowest BCUT2D eigenvalue weighted by Crippen LogP contribution is -2.18. The van der Waals surface area contributed by atoms with Gasteiger partial charge in [-0.25, -0.2) is 13.4 Å². The molecule has 0 bridgehead atoms. The second-order valence-electron chi connectivity index (χ2n) is 7.47. The van der Waals surface area contributed by atoms with Gasteiger partial charge >= 0.3 is 0 Å². The van der Waals surface area contributed by atoms with E-state index >= 15 is 0 Å². The highest BCUT2D eigenvalue weighted by atomic mass is 32.2. The quantitative estimate of drug-likeness (QED) is 0.531. The molecule has 1 aromatic carbocycles. The molecule has 1 saturated carbocycles. The molecule has 3 aromatic rings. The van der Waals surface area contributed by atoms with E-state index in [0.29, 0.717) is 36.5 Å². The number of anilines is 1. The molecule has 8 heteroatoms. The Kier molecular flexibility index (Phi) is 5.97. The molecule has 0 amide bonds. The zero-order valence-corrected chi connectivity index (χ0v) is 18.2. The molecule has 1 aliphatic rings. The van der Waals surface area contributed by atoms with Crippen LogP contribution in [0.2, 0.25) is 0 Å². The molecule has 156 valence electrons. The number of thiazole rings is 1. The molecule has 2 aromatic heterocycles. The molecule has 4 rings (SSSR count). The summed E-state index contributed by atoms with van der Waals surface area (Å²) in [5, 5.41) is 1.81. The van der Waals surface area contributed by atoms with E-state index in [1.165, 1.54) is 11.3 Å². The highest BCUT2D eigenvalue weighted by Gasteiger charge is 2.36. The Hall–Kier alpha value is -2.58. The highest BCUT2D eigenvalue weighted by molar-refractivity contribution is 7.93. The van der Waals surface area contributed by atoms with Crippen molar-refractivity contribution in [3.05, 3.63) is 65.4 Å². The van der Waals surface area contributed by atoms with Gasteiger partial charge in [0.05, 0.1) is 16.9 Å². The monoisotopic (exact) mass is 441 g/mol. The second kappa shape index (κ2) is 8.65. The summed E-state index contributed by atoms with van der Waals surface area (Å²) in [6.07, 6.45) is 5.87. The van der Waals surface area contributed by atoms with Gasteiger partial charge in [0.2, 0.25) is 10.0 Å². The molecule has 1 unspecified atom stereocenters. The number of carbonyl (C=O) groups excluding carboxylic acids is 1. The van der Waals surface area contributed by atoms with Gasteiger partial charge in [-0.05, 0) is 42.0 Å². The Bertz CT molecular complexity index is 1120. The zero-order chi connectivity index (χ0) is 21.1. The smallest absolute Gasteiger partial charge is 0.237 e. The first-order valence-corrected chi connectivity index (χ1v) is 12.4. The molecule has 2 heterocycles. The van der Waals surface area contributed by atoms with Crippen LogP contribution in [0.3, 0.4) is 0 Å². The number of nitrogens with zero attached hydrogens (tertiary/aromatic N) is 2. The van der Waals surface area contributed by atoms with Gasteiger partial charge in [-0.1, -0.05) is 37.3 Å². The second-order valence-corrected chi connectivity index (χ2v) is 10.3. The molecule has 1 atom stereocenters. The minimum absolute atomic E-state index is 0.0773. The van der Waals surface area contributed by atoms with Crippen molar-refractivity contribution in [2.45, 2.75) is 43.8 Å². The minimum atomic E-state index is -3.35. The number of benzene rings is 1. The summed E-state index contributed by atoms with van der Waals surface area (Å²) in [5.41, 5.74) is 3.66. The number of aromatic nitrogens is 2. The first kappa shape index (κ1) is 20.7. The molecule has 0 radical (unpaired) electrons. The highest BCUT2D eigenvalue weighted by Crippen LogP contribution is 2.32. The van der Waals surface area contributed by atoms with Crippen molar-refractivity contribution in [3.8, 4) is 11.1 Å². The van der Waals surface area contributed by atoms with E-state index in [2.05, 4.69) is 14.7 Å². The van der Waals surface area contributed by atoms with Gasteiger partial charge in [0.1, 0.15) is 5.78 Å². The maximum absolute atomic E-state index is 12.9. The van der Waals surface area contributed by atoms with Crippen molar-refractivity contribution in [2.75, 3.05) is 4.72 Å². The van der Waals surface area contributed by atoms with Crippen LogP contribution >= 0.6 is 11.3 Å². The maximum atomic E-state index is 12.9. The van der Waals surface area contributed by atoms with E-state index < -0.39 is 10.0 Å². The van der Waals surface area contributed by atoms with Gasteiger partial charge < -0.3 is 0 Å². The number of ketones is 1. The molecule has 30 heavy (non-hydrogen) atoms. The Morgan fingerprint density at radius 1 is 1.20 bits per heavy atom. The van der Waals surface area contributed by atoms with Crippen LogP contribution in [0.25, 0.3) is 11.1 Å². The van der Waals surface area contributed by atoms with Crippen LogP contribution in [0.15, 0.2) is 54.2 Å². The van der Waals surface area contributed by atoms with Crippen molar-refractivity contribution in [1.82, 2.24) is 9.97 Å². The van der Waals surface area contributed by atoms with Crippen LogP contribution in [0.5, 0.6) is 0 Å². The van der Waals surface area contributed by atoms with Crippen molar-refractivity contribution < 1.29 is 13.2 Å². The van der Waals surface area contributed by atoms with Gasteiger partial charge in [-0.15, -0.1) is 11.3 Å². The molecule has 1 aliphatic carbocycles. The summed E-state index contributed by atoms with van der Waals surface area (Å²) in [5.74, 6) is -0.271. The lowest BCUT2D eigenvalue weighted by molar-refractivity contribution is -0.120. The van der Waals surface area contributed by atoms with Crippen LogP contribution < -0.4 is 4.72 Å². The first-order chi connectivity index (χ1) is 14.5. The predicted molar refractivity (Wildman–Crippen MR) is 119 cm³/mol. The summed E-state index contributed by atoms with van der Waals surface area (Å²) in [6.45, 7) is 1.95. The molecule has 1 fully saturated rings. The Labute approximate surface area is 180 Å². The Morgan fingerprint density at radius 2 is 1.97 bits per heavy atom. The Morgan fingerprint density at radius 3 is 2.60 bits per heavy atom.